The summed E-state index contributed by atoms with van der Waals surface area (Å²) in [5.74, 6) is 0.00612. The Kier molecular flexibility index (Phi) is 4.85. The molecule has 1 saturated heterocycles. The Labute approximate surface area is 141 Å². The third-order valence-electron chi connectivity index (χ3n) is 4.43. The molecule has 1 aromatic carbocycles. The summed E-state index contributed by atoms with van der Waals surface area (Å²) in [5.41, 5.74) is 2.20. The standard InChI is InChI=1S/C18H23N3O3/c1-3-4-14-11-17(22)21(19-14)15-7-5-13(6-8-15)18(23)20-10-9-16(12-20)24-2/h5-8,11,16,19H,3-4,9-10,12H2,1-2H3. The molecule has 1 unspecified atom stereocenters. The fraction of sp³-hybridized carbons (Fsp3) is 0.444. The van der Waals surface area contributed by atoms with E-state index in [1.807, 2.05) is 4.90 Å². The van der Waals surface area contributed by atoms with Gasteiger partial charge in [-0.2, -0.15) is 0 Å². The number of hydrogen-bond donors (Lipinski definition) is 1. The summed E-state index contributed by atoms with van der Waals surface area (Å²) in [6.07, 6.45) is 2.82. The Morgan fingerprint density at radius 2 is 2.08 bits per heavy atom. The summed E-state index contributed by atoms with van der Waals surface area (Å²) >= 11 is 0. The molecule has 1 atom stereocenters. The second-order valence-electron chi connectivity index (χ2n) is 6.15. The highest BCUT2D eigenvalue weighted by molar-refractivity contribution is 5.94. The van der Waals surface area contributed by atoms with Gasteiger partial charge in [0, 0.05) is 37.5 Å². The fourth-order valence-electron chi connectivity index (χ4n) is 3.07. The molecule has 128 valence electrons. The Balaban J connectivity index is 1.76. The average Bonchev–Trinajstić information content (AvgIpc) is 3.21. The molecule has 0 saturated carbocycles. The first kappa shape index (κ1) is 16.5. The summed E-state index contributed by atoms with van der Waals surface area (Å²) in [6.45, 7) is 3.42. The van der Waals surface area contributed by atoms with Gasteiger partial charge in [-0.1, -0.05) is 13.3 Å². The van der Waals surface area contributed by atoms with E-state index in [4.69, 9.17) is 4.74 Å². The van der Waals surface area contributed by atoms with E-state index in [9.17, 15) is 9.59 Å². The molecule has 0 radical (unpaired) electrons. The molecule has 1 N–H and O–H groups in total. The fourth-order valence-corrected chi connectivity index (χ4v) is 3.07. The number of carbonyl (C=O) groups is 1. The van der Waals surface area contributed by atoms with Crippen molar-refractivity contribution in [1.82, 2.24) is 14.7 Å². The van der Waals surface area contributed by atoms with Gasteiger partial charge in [0.1, 0.15) is 0 Å². The number of methoxy groups -OCH3 is 1. The third-order valence-corrected chi connectivity index (χ3v) is 4.43. The van der Waals surface area contributed by atoms with Crippen LogP contribution in [-0.2, 0) is 11.2 Å². The zero-order chi connectivity index (χ0) is 17.1. The van der Waals surface area contributed by atoms with Crippen molar-refractivity contribution in [2.75, 3.05) is 20.2 Å². The van der Waals surface area contributed by atoms with Gasteiger partial charge in [-0.15, -0.1) is 0 Å². The molecule has 0 bridgehead atoms. The summed E-state index contributed by atoms with van der Waals surface area (Å²) in [5, 5.41) is 3.11. The minimum atomic E-state index is -0.0833. The highest BCUT2D eigenvalue weighted by Gasteiger charge is 2.26. The van der Waals surface area contributed by atoms with Crippen molar-refractivity contribution in [3.8, 4) is 5.69 Å². The molecular formula is C18H23N3O3. The number of H-pyrrole nitrogens is 1. The van der Waals surface area contributed by atoms with Crippen LogP contribution < -0.4 is 5.56 Å². The molecule has 1 aromatic heterocycles. The monoisotopic (exact) mass is 329 g/mol. The van der Waals surface area contributed by atoms with E-state index in [1.165, 1.54) is 4.68 Å². The van der Waals surface area contributed by atoms with Crippen molar-refractivity contribution in [3.05, 3.63) is 51.9 Å². The van der Waals surface area contributed by atoms with E-state index >= 15 is 0 Å². The lowest BCUT2D eigenvalue weighted by atomic mass is 10.2. The van der Waals surface area contributed by atoms with Crippen molar-refractivity contribution >= 4 is 5.91 Å². The number of nitrogens with one attached hydrogen (secondary N) is 1. The molecule has 24 heavy (non-hydrogen) atoms. The van der Waals surface area contributed by atoms with Gasteiger partial charge in [-0.3, -0.25) is 14.7 Å². The Morgan fingerprint density at radius 1 is 1.33 bits per heavy atom. The topological polar surface area (TPSA) is 67.3 Å². The Morgan fingerprint density at radius 3 is 2.71 bits per heavy atom. The van der Waals surface area contributed by atoms with Crippen LogP contribution in [0.1, 0.15) is 35.8 Å². The second kappa shape index (κ2) is 7.05. The maximum atomic E-state index is 12.5. The van der Waals surface area contributed by atoms with Crippen LogP contribution in [0.25, 0.3) is 5.69 Å². The number of aryl methyl sites for hydroxylation is 1. The number of amides is 1. The average molecular weight is 329 g/mol. The summed E-state index contributed by atoms with van der Waals surface area (Å²) < 4.78 is 6.81. The smallest absolute Gasteiger partial charge is 0.271 e. The molecular weight excluding hydrogens is 306 g/mol. The van der Waals surface area contributed by atoms with Crippen LogP contribution in [0.5, 0.6) is 0 Å². The van der Waals surface area contributed by atoms with Gasteiger partial charge in [-0.25, -0.2) is 4.68 Å². The Hall–Kier alpha value is -2.34. The van der Waals surface area contributed by atoms with Gasteiger partial charge < -0.3 is 9.64 Å². The van der Waals surface area contributed by atoms with Crippen LogP contribution in [0.15, 0.2) is 35.1 Å². The molecule has 1 aliphatic rings. The summed E-state index contributed by atoms with van der Waals surface area (Å²) in [6, 6.07) is 8.75. The normalized spacial score (nSPS) is 17.4. The highest BCUT2D eigenvalue weighted by Crippen LogP contribution is 2.16. The van der Waals surface area contributed by atoms with E-state index in [2.05, 4.69) is 12.0 Å². The van der Waals surface area contributed by atoms with Gasteiger partial charge in [-0.05, 0) is 37.1 Å². The van der Waals surface area contributed by atoms with E-state index in [1.54, 1.807) is 37.4 Å². The molecule has 6 nitrogen and oxygen atoms in total. The number of rotatable bonds is 5. The highest BCUT2D eigenvalue weighted by atomic mass is 16.5. The van der Waals surface area contributed by atoms with Crippen molar-refractivity contribution in [2.45, 2.75) is 32.3 Å². The molecule has 1 amide bonds. The van der Waals surface area contributed by atoms with Crippen molar-refractivity contribution in [1.29, 1.82) is 0 Å². The van der Waals surface area contributed by atoms with Crippen LogP contribution in [0.4, 0.5) is 0 Å². The van der Waals surface area contributed by atoms with Gasteiger partial charge in [0.25, 0.3) is 11.5 Å². The lowest BCUT2D eigenvalue weighted by Gasteiger charge is -2.16. The first-order chi connectivity index (χ1) is 11.6. The minimum Gasteiger partial charge on any atom is -0.380 e. The van der Waals surface area contributed by atoms with E-state index in [0.717, 1.165) is 37.2 Å². The van der Waals surface area contributed by atoms with Crippen LogP contribution in [0.2, 0.25) is 0 Å². The molecule has 0 spiro atoms. The summed E-state index contributed by atoms with van der Waals surface area (Å²) in [4.78, 5) is 26.4. The van der Waals surface area contributed by atoms with Gasteiger partial charge >= 0.3 is 0 Å². The van der Waals surface area contributed by atoms with E-state index in [-0.39, 0.29) is 17.6 Å². The Bertz CT molecular complexity index is 761. The van der Waals surface area contributed by atoms with E-state index in [0.29, 0.717) is 12.1 Å². The summed E-state index contributed by atoms with van der Waals surface area (Å²) in [7, 11) is 1.67. The van der Waals surface area contributed by atoms with Crippen molar-refractivity contribution < 1.29 is 9.53 Å². The molecule has 2 heterocycles. The SMILES string of the molecule is CCCc1cc(=O)n(-c2ccc(C(=O)N3CCC(OC)C3)cc2)[nH]1. The van der Waals surface area contributed by atoms with Crippen molar-refractivity contribution in [3.63, 3.8) is 0 Å². The molecule has 6 heteroatoms. The van der Waals surface area contributed by atoms with Crippen molar-refractivity contribution in [2.24, 2.45) is 0 Å². The quantitative estimate of drug-likeness (QED) is 0.912. The number of aromatic amines is 1. The van der Waals surface area contributed by atoms with Gasteiger partial charge in [0.2, 0.25) is 0 Å². The molecule has 0 aliphatic carbocycles. The number of nitrogens with zero attached hydrogens (tertiary/aromatic N) is 2. The first-order valence-corrected chi connectivity index (χ1v) is 8.35. The number of aromatic nitrogens is 2. The number of likely N-dealkylation sites (tertiary alicyclic amines) is 1. The van der Waals surface area contributed by atoms with Crippen LogP contribution >= 0.6 is 0 Å². The lowest BCUT2D eigenvalue weighted by Crippen LogP contribution is -2.29. The second-order valence-corrected chi connectivity index (χ2v) is 6.15. The molecule has 2 aromatic rings. The molecule has 1 aliphatic heterocycles. The van der Waals surface area contributed by atoms with Gasteiger partial charge in [0.05, 0.1) is 11.8 Å². The van der Waals surface area contributed by atoms with Crippen LogP contribution in [-0.4, -0.2) is 46.9 Å². The van der Waals surface area contributed by atoms with Crippen LogP contribution in [0, 0.1) is 0 Å². The molecule has 1 fully saturated rings. The third kappa shape index (κ3) is 3.28. The van der Waals surface area contributed by atoms with Gasteiger partial charge in [0.15, 0.2) is 0 Å². The lowest BCUT2D eigenvalue weighted by molar-refractivity contribution is 0.0724. The maximum absolute atomic E-state index is 12.5. The van der Waals surface area contributed by atoms with Crippen LogP contribution in [0.3, 0.4) is 0 Å². The molecule has 3 rings (SSSR count). The minimum absolute atomic E-state index is 0.00612. The zero-order valence-electron chi connectivity index (χ0n) is 14.1. The maximum Gasteiger partial charge on any atom is 0.271 e. The predicted molar refractivity (Wildman–Crippen MR) is 91.7 cm³/mol. The largest absolute Gasteiger partial charge is 0.380 e. The van der Waals surface area contributed by atoms with E-state index < -0.39 is 0 Å². The predicted octanol–water partition coefficient (Wildman–Crippen LogP) is 1.98. The zero-order valence-corrected chi connectivity index (χ0v) is 14.1. The number of carbonyl (C=O) groups excluding carboxylic acids is 1. The number of benzene rings is 1. The number of ether oxygens (including phenoxy) is 1. The first-order valence-electron chi connectivity index (χ1n) is 8.35. The number of hydrogen-bond acceptors (Lipinski definition) is 3.